The molecule has 0 saturated heterocycles. The molecule has 2 aromatic carbocycles. The van der Waals surface area contributed by atoms with Crippen molar-refractivity contribution in [3.8, 4) is 17.2 Å². The van der Waals surface area contributed by atoms with Crippen LogP contribution in [0.4, 0.5) is 0 Å². The van der Waals surface area contributed by atoms with Crippen molar-refractivity contribution in [2.45, 2.75) is 10.6 Å². The Labute approximate surface area is 189 Å². The van der Waals surface area contributed by atoms with Gasteiger partial charge in [0, 0.05) is 15.5 Å². The first-order chi connectivity index (χ1) is 15.0. The summed E-state index contributed by atoms with van der Waals surface area (Å²) in [5, 5.41) is 4.67. The number of halogens is 1. The van der Waals surface area contributed by atoms with E-state index in [9.17, 15) is 4.79 Å². The van der Waals surface area contributed by atoms with Crippen LogP contribution in [-0.2, 0) is 5.75 Å². The summed E-state index contributed by atoms with van der Waals surface area (Å²) in [6.07, 6.45) is 1.47. The Kier molecular flexibility index (Phi) is 7.86. The van der Waals surface area contributed by atoms with Gasteiger partial charge in [-0.25, -0.2) is 5.43 Å². The van der Waals surface area contributed by atoms with E-state index in [0.717, 1.165) is 4.90 Å². The van der Waals surface area contributed by atoms with Crippen LogP contribution in [0.25, 0.3) is 0 Å². The molecule has 0 spiro atoms. The molecule has 3 aromatic rings. The van der Waals surface area contributed by atoms with Gasteiger partial charge in [-0.3, -0.25) is 4.79 Å². The number of rotatable bonds is 9. The second-order valence-electron chi connectivity index (χ2n) is 6.17. The highest BCUT2D eigenvalue weighted by atomic mass is 35.5. The molecule has 162 valence electrons. The SMILES string of the molecule is COc1cc(/C=N/NC(=O)c2ccc(CSc3ccc(Cl)cc3)o2)cc(OC)c1OC. The molecule has 0 aliphatic rings. The summed E-state index contributed by atoms with van der Waals surface area (Å²) in [5.41, 5.74) is 3.11. The number of ether oxygens (including phenoxy) is 3. The van der Waals surface area contributed by atoms with Crippen LogP contribution >= 0.6 is 23.4 Å². The molecule has 0 unspecified atom stereocenters. The topological polar surface area (TPSA) is 82.3 Å². The molecular weight excluding hydrogens is 440 g/mol. The highest BCUT2D eigenvalue weighted by Gasteiger charge is 2.13. The first kappa shape index (κ1) is 22.6. The number of nitrogens with one attached hydrogen (secondary N) is 1. The first-order valence-corrected chi connectivity index (χ1v) is 10.5. The highest BCUT2D eigenvalue weighted by molar-refractivity contribution is 7.98. The largest absolute Gasteiger partial charge is 0.493 e. The van der Waals surface area contributed by atoms with E-state index < -0.39 is 5.91 Å². The van der Waals surface area contributed by atoms with Gasteiger partial charge < -0.3 is 18.6 Å². The predicted octanol–water partition coefficient (Wildman–Crippen LogP) is 5.02. The Morgan fingerprint density at radius 3 is 2.35 bits per heavy atom. The minimum Gasteiger partial charge on any atom is -0.493 e. The fourth-order valence-corrected chi connectivity index (χ4v) is 3.58. The number of hydrogen-bond donors (Lipinski definition) is 1. The molecule has 31 heavy (non-hydrogen) atoms. The summed E-state index contributed by atoms with van der Waals surface area (Å²) in [7, 11) is 4.58. The van der Waals surface area contributed by atoms with E-state index in [0.29, 0.717) is 39.3 Å². The summed E-state index contributed by atoms with van der Waals surface area (Å²) in [4.78, 5) is 13.4. The molecule has 1 heterocycles. The lowest BCUT2D eigenvalue weighted by Crippen LogP contribution is -2.16. The molecular formula is C22H21ClN2O5S. The number of thioether (sulfide) groups is 1. The van der Waals surface area contributed by atoms with E-state index >= 15 is 0 Å². The maximum absolute atomic E-state index is 12.3. The van der Waals surface area contributed by atoms with Gasteiger partial charge in [0.05, 0.1) is 33.3 Å². The zero-order chi connectivity index (χ0) is 22.2. The van der Waals surface area contributed by atoms with Crippen LogP contribution < -0.4 is 19.6 Å². The minimum atomic E-state index is -0.452. The van der Waals surface area contributed by atoms with E-state index in [1.54, 1.807) is 36.0 Å². The standard InChI is InChI=1S/C22H21ClN2O5S/c1-27-19-10-14(11-20(28-2)21(19)29-3)12-24-25-22(26)18-9-6-16(30-18)13-31-17-7-4-15(23)5-8-17/h4-12H,13H2,1-3H3,(H,25,26)/b24-12+. The van der Waals surface area contributed by atoms with E-state index in [-0.39, 0.29) is 5.76 Å². The maximum Gasteiger partial charge on any atom is 0.307 e. The van der Waals surface area contributed by atoms with Gasteiger partial charge in [-0.2, -0.15) is 5.10 Å². The first-order valence-electron chi connectivity index (χ1n) is 9.14. The summed E-state index contributed by atoms with van der Waals surface area (Å²) >= 11 is 7.47. The number of hydrogen-bond acceptors (Lipinski definition) is 7. The van der Waals surface area contributed by atoms with Crippen LogP contribution in [0.2, 0.25) is 5.02 Å². The zero-order valence-electron chi connectivity index (χ0n) is 17.2. The number of amides is 1. The smallest absolute Gasteiger partial charge is 0.307 e. The van der Waals surface area contributed by atoms with E-state index in [1.165, 1.54) is 27.5 Å². The third-order valence-corrected chi connectivity index (χ3v) is 5.43. The van der Waals surface area contributed by atoms with Crippen LogP contribution in [0.5, 0.6) is 17.2 Å². The van der Waals surface area contributed by atoms with Crippen molar-refractivity contribution in [3.63, 3.8) is 0 Å². The predicted molar refractivity (Wildman–Crippen MR) is 121 cm³/mol. The lowest BCUT2D eigenvalue weighted by Gasteiger charge is -2.12. The van der Waals surface area contributed by atoms with Crippen molar-refractivity contribution >= 4 is 35.5 Å². The molecule has 1 aromatic heterocycles. The van der Waals surface area contributed by atoms with Gasteiger partial charge in [-0.05, 0) is 48.5 Å². The lowest BCUT2D eigenvalue weighted by molar-refractivity contribution is 0.0926. The van der Waals surface area contributed by atoms with Crippen molar-refractivity contribution in [2.75, 3.05) is 21.3 Å². The molecule has 0 atom stereocenters. The summed E-state index contributed by atoms with van der Waals surface area (Å²) in [6, 6.07) is 14.3. The molecule has 1 amide bonds. The van der Waals surface area contributed by atoms with Crippen LogP contribution in [0.3, 0.4) is 0 Å². The average Bonchev–Trinajstić information content (AvgIpc) is 3.27. The van der Waals surface area contributed by atoms with Crippen LogP contribution in [-0.4, -0.2) is 33.5 Å². The molecule has 0 fully saturated rings. The van der Waals surface area contributed by atoms with Crippen molar-refractivity contribution < 1.29 is 23.4 Å². The molecule has 0 aliphatic carbocycles. The van der Waals surface area contributed by atoms with Crippen LogP contribution in [0, 0.1) is 0 Å². The molecule has 9 heteroatoms. The normalized spacial score (nSPS) is 10.8. The molecule has 0 aliphatic heterocycles. The van der Waals surface area contributed by atoms with E-state index in [1.807, 2.05) is 24.3 Å². The molecule has 3 rings (SSSR count). The fourth-order valence-electron chi connectivity index (χ4n) is 2.66. The quantitative estimate of drug-likeness (QED) is 0.274. The van der Waals surface area contributed by atoms with Crippen LogP contribution in [0.1, 0.15) is 21.9 Å². The number of methoxy groups -OCH3 is 3. The van der Waals surface area contributed by atoms with E-state index in [4.69, 9.17) is 30.2 Å². The Bertz CT molecular complexity index is 1040. The Morgan fingerprint density at radius 1 is 1.06 bits per heavy atom. The number of carbonyl (C=O) groups is 1. The van der Waals surface area contributed by atoms with Crippen molar-refractivity contribution in [1.29, 1.82) is 0 Å². The van der Waals surface area contributed by atoms with Gasteiger partial charge in [-0.1, -0.05) is 11.6 Å². The summed E-state index contributed by atoms with van der Waals surface area (Å²) in [5.74, 6) is 2.44. The Balaban J connectivity index is 1.59. The third-order valence-electron chi connectivity index (χ3n) is 4.15. The van der Waals surface area contributed by atoms with Crippen molar-refractivity contribution in [1.82, 2.24) is 5.43 Å². The highest BCUT2D eigenvalue weighted by Crippen LogP contribution is 2.37. The monoisotopic (exact) mass is 460 g/mol. The summed E-state index contributed by atoms with van der Waals surface area (Å²) in [6.45, 7) is 0. The molecule has 0 bridgehead atoms. The van der Waals surface area contributed by atoms with Crippen molar-refractivity contribution in [2.24, 2.45) is 5.10 Å². The fraction of sp³-hybridized carbons (Fsp3) is 0.182. The Morgan fingerprint density at radius 2 is 1.74 bits per heavy atom. The second-order valence-corrected chi connectivity index (χ2v) is 7.65. The lowest BCUT2D eigenvalue weighted by atomic mass is 10.2. The molecule has 0 radical (unpaired) electrons. The van der Waals surface area contributed by atoms with Gasteiger partial charge in [0.25, 0.3) is 0 Å². The number of benzene rings is 2. The number of hydrazone groups is 1. The summed E-state index contributed by atoms with van der Waals surface area (Å²) < 4.78 is 21.5. The number of nitrogens with zero attached hydrogens (tertiary/aromatic N) is 1. The molecule has 0 saturated carbocycles. The molecule has 1 N–H and O–H groups in total. The van der Waals surface area contributed by atoms with Gasteiger partial charge in [0.15, 0.2) is 17.3 Å². The van der Waals surface area contributed by atoms with Gasteiger partial charge in [0.1, 0.15) is 5.76 Å². The zero-order valence-corrected chi connectivity index (χ0v) is 18.8. The number of furan rings is 1. The van der Waals surface area contributed by atoms with Gasteiger partial charge in [0.2, 0.25) is 5.75 Å². The van der Waals surface area contributed by atoms with Crippen LogP contribution in [0.15, 0.2) is 62.9 Å². The Hall–Kier alpha value is -3.10. The molecule has 7 nitrogen and oxygen atoms in total. The third kappa shape index (κ3) is 5.96. The number of carbonyl (C=O) groups excluding carboxylic acids is 1. The van der Waals surface area contributed by atoms with Gasteiger partial charge >= 0.3 is 5.91 Å². The van der Waals surface area contributed by atoms with E-state index in [2.05, 4.69) is 10.5 Å². The second kappa shape index (κ2) is 10.8. The maximum atomic E-state index is 12.3. The van der Waals surface area contributed by atoms with Crippen molar-refractivity contribution in [3.05, 3.63) is 70.6 Å². The average molecular weight is 461 g/mol. The minimum absolute atomic E-state index is 0.175. The van der Waals surface area contributed by atoms with Gasteiger partial charge in [-0.15, -0.1) is 11.8 Å².